The predicted octanol–water partition coefficient (Wildman–Crippen LogP) is 4.11. The summed E-state index contributed by atoms with van der Waals surface area (Å²) in [7, 11) is 0. The summed E-state index contributed by atoms with van der Waals surface area (Å²) < 4.78 is 1.96. The number of aromatic nitrogens is 2. The number of benzene rings is 2. The first-order valence-electron chi connectivity index (χ1n) is 8.49. The van der Waals surface area contributed by atoms with Gasteiger partial charge in [-0.15, -0.1) is 0 Å². The highest BCUT2D eigenvalue weighted by Crippen LogP contribution is 2.36. The summed E-state index contributed by atoms with van der Waals surface area (Å²) >= 11 is 0. The molecule has 1 amide bonds. The topological polar surface area (TPSA) is 49.6 Å². The van der Waals surface area contributed by atoms with Crippen LogP contribution < -0.4 is 10.2 Å². The van der Waals surface area contributed by atoms with Crippen LogP contribution in [0.4, 0.5) is 11.4 Å². The summed E-state index contributed by atoms with van der Waals surface area (Å²) in [5.41, 5.74) is 3.97. The molecule has 1 N–H and O–H groups in total. The second kappa shape index (κ2) is 5.74. The Labute approximate surface area is 150 Å². The van der Waals surface area contributed by atoms with Gasteiger partial charge in [0.15, 0.2) is 6.17 Å². The van der Waals surface area contributed by atoms with Gasteiger partial charge in [0, 0.05) is 23.8 Å². The number of pyridine rings is 1. The van der Waals surface area contributed by atoms with Crippen molar-refractivity contribution in [2.75, 3.05) is 10.2 Å². The van der Waals surface area contributed by atoms with Gasteiger partial charge in [0.2, 0.25) is 0 Å². The minimum Gasteiger partial charge on any atom is -0.359 e. The highest BCUT2D eigenvalue weighted by Gasteiger charge is 2.35. The van der Waals surface area contributed by atoms with Crippen molar-refractivity contribution in [2.24, 2.45) is 0 Å². The van der Waals surface area contributed by atoms with Gasteiger partial charge < -0.3 is 9.72 Å². The molecule has 0 fully saturated rings. The lowest BCUT2D eigenvalue weighted by molar-refractivity contribution is 0.0974. The Bertz CT molecular complexity index is 1070. The molecule has 5 heteroatoms. The van der Waals surface area contributed by atoms with E-state index in [0.717, 1.165) is 22.7 Å². The van der Waals surface area contributed by atoms with Crippen molar-refractivity contribution in [1.82, 2.24) is 9.38 Å². The Morgan fingerprint density at radius 1 is 0.885 bits per heavy atom. The molecule has 5 nitrogen and oxygen atoms in total. The van der Waals surface area contributed by atoms with Gasteiger partial charge in [-0.05, 0) is 36.4 Å². The molecule has 1 aliphatic rings. The van der Waals surface area contributed by atoms with Crippen LogP contribution in [0, 0.1) is 0 Å². The third kappa shape index (κ3) is 2.25. The molecular formula is C21H16N4O. The zero-order chi connectivity index (χ0) is 17.5. The molecule has 3 heterocycles. The van der Waals surface area contributed by atoms with E-state index in [1.54, 1.807) is 4.90 Å². The van der Waals surface area contributed by atoms with Crippen LogP contribution in [0.5, 0.6) is 0 Å². The molecule has 0 saturated carbocycles. The fraction of sp³-hybridized carbons (Fsp3) is 0.0476. The highest BCUT2D eigenvalue weighted by atomic mass is 16.2. The molecule has 0 spiro atoms. The normalized spacial score (nSPS) is 16.4. The minimum absolute atomic E-state index is 0.0346. The Balaban J connectivity index is 1.69. The summed E-state index contributed by atoms with van der Waals surface area (Å²) in [6, 6.07) is 23.1. The van der Waals surface area contributed by atoms with Crippen LogP contribution in [0.1, 0.15) is 22.2 Å². The van der Waals surface area contributed by atoms with Crippen molar-refractivity contribution in [3.63, 3.8) is 0 Å². The number of nitrogens with zero attached hydrogens (tertiary/aromatic N) is 3. The van der Waals surface area contributed by atoms with Crippen LogP contribution in [0.2, 0.25) is 0 Å². The third-order valence-electron chi connectivity index (χ3n) is 4.62. The van der Waals surface area contributed by atoms with E-state index in [1.165, 1.54) is 0 Å². The van der Waals surface area contributed by atoms with E-state index in [4.69, 9.17) is 4.98 Å². The molecule has 5 rings (SSSR count). The summed E-state index contributed by atoms with van der Waals surface area (Å²) in [6.07, 6.45) is 3.54. The second-order valence-corrected chi connectivity index (χ2v) is 6.24. The zero-order valence-corrected chi connectivity index (χ0v) is 13.9. The molecule has 0 saturated heterocycles. The van der Waals surface area contributed by atoms with Crippen LogP contribution in [0.25, 0.3) is 5.65 Å². The van der Waals surface area contributed by atoms with E-state index in [1.807, 2.05) is 89.6 Å². The third-order valence-corrected chi connectivity index (χ3v) is 4.62. The fourth-order valence-corrected chi connectivity index (χ4v) is 3.40. The number of imidazole rings is 1. The number of fused-ring (bicyclic) bond motifs is 2. The maximum atomic E-state index is 13.3. The Kier molecular flexibility index (Phi) is 3.25. The van der Waals surface area contributed by atoms with E-state index in [-0.39, 0.29) is 12.1 Å². The first-order chi connectivity index (χ1) is 12.8. The molecule has 0 radical (unpaired) electrons. The average molecular weight is 340 g/mol. The second-order valence-electron chi connectivity index (χ2n) is 6.24. The Morgan fingerprint density at radius 2 is 1.65 bits per heavy atom. The summed E-state index contributed by atoms with van der Waals surface area (Å²) in [5.74, 6) is -0.0346. The zero-order valence-electron chi connectivity index (χ0n) is 13.9. The summed E-state index contributed by atoms with van der Waals surface area (Å²) in [6.45, 7) is 0. The van der Waals surface area contributed by atoms with E-state index < -0.39 is 0 Å². The van der Waals surface area contributed by atoms with Crippen LogP contribution >= 0.6 is 0 Å². The van der Waals surface area contributed by atoms with Crippen LogP contribution in [0.3, 0.4) is 0 Å². The van der Waals surface area contributed by atoms with Gasteiger partial charge in [0.25, 0.3) is 5.91 Å². The van der Waals surface area contributed by atoms with Gasteiger partial charge in [0.05, 0.1) is 5.56 Å². The number of amides is 1. The van der Waals surface area contributed by atoms with Gasteiger partial charge in [-0.1, -0.05) is 36.4 Å². The van der Waals surface area contributed by atoms with E-state index >= 15 is 0 Å². The smallest absolute Gasteiger partial charge is 0.262 e. The first-order valence-corrected chi connectivity index (χ1v) is 8.49. The standard InChI is InChI=1S/C21H16N4O/c26-21-16-10-4-5-11-17(16)23-20(25(21)15-8-2-1-3-9-15)18-14-24-13-7-6-12-19(24)22-18/h1-14,20,23H/t20-/m1/s1. The number of carbonyl (C=O) groups is 1. The van der Waals surface area contributed by atoms with E-state index in [9.17, 15) is 4.79 Å². The molecular weight excluding hydrogens is 324 g/mol. The van der Waals surface area contributed by atoms with Crippen LogP contribution in [-0.2, 0) is 0 Å². The predicted molar refractivity (Wildman–Crippen MR) is 101 cm³/mol. The average Bonchev–Trinajstić information content (AvgIpc) is 3.13. The molecule has 2 aromatic heterocycles. The van der Waals surface area contributed by atoms with Gasteiger partial charge in [-0.2, -0.15) is 0 Å². The number of hydrogen-bond acceptors (Lipinski definition) is 3. The van der Waals surface area contributed by atoms with Crippen LogP contribution in [0.15, 0.2) is 85.2 Å². The molecule has 126 valence electrons. The largest absolute Gasteiger partial charge is 0.359 e. The lowest BCUT2D eigenvalue weighted by Gasteiger charge is -2.37. The molecule has 0 aliphatic carbocycles. The number of carbonyl (C=O) groups excluding carboxylic acids is 1. The summed E-state index contributed by atoms with van der Waals surface area (Å²) in [4.78, 5) is 19.8. The van der Waals surface area contributed by atoms with Crippen molar-refractivity contribution >= 4 is 22.9 Å². The van der Waals surface area contributed by atoms with Crippen LogP contribution in [-0.4, -0.2) is 15.3 Å². The lowest BCUT2D eigenvalue weighted by Crippen LogP contribution is -2.43. The Hall–Kier alpha value is -3.60. The van der Waals surface area contributed by atoms with Crippen molar-refractivity contribution in [1.29, 1.82) is 0 Å². The molecule has 2 aromatic carbocycles. The summed E-state index contributed by atoms with van der Waals surface area (Å²) in [5, 5.41) is 3.48. The first kappa shape index (κ1) is 14.7. The Morgan fingerprint density at radius 3 is 2.50 bits per heavy atom. The molecule has 0 unspecified atom stereocenters. The number of para-hydroxylation sites is 2. The molecule has 1 atom stereocenters. The van der Waals surface area contributed by atoms with Gasteiger partial charge >= 0.3 is 0 Å². The van der Waals surface area contributed by atoms with E-state index in [0.29, 0.717) is 5.56 Å². The van der Waals surface area contributed by atoms with Gasteiger partial charge in [-0.3, -0.25) is 9.69 Å². The van der Waals surface area contributed by atoms with Crippen molar-refractivity contribution in [3.8, 4) is 0 Å². The van der Waals surface area contributed by atoms with E-state index in [2.05, 4.69) is 5.32 Å². The van der Waals surface area contributed by atoms with Gasteiger partial charge in [-0.25, -0.2) is 4.98 Å². The lowest BCUT2D eigenvalue weighted by atomic mass is 10.1. The van der Waals surface area contributed by atoms with Crippen molar-refractivity contribution < 1.29 is 4.79 Å². The monoisotopic (exact) mass is 340 g/mol. The molecule has 4 aromatic rings. The number of hydrogen-bond donors (Lipinski definition) is 1. The maximum Gasteiger partial charge on any atom is 0.262 e. The fourth-order valence-electron chi connectivity index (χ4n) is 3.40. The minimum atomic E-state index is -0.375. The number of anilines is 2. The highest BCUT2D eigenvalue weighted by molar-refractivity contribution is 6.12. The molecule has 26 heavy (non-hydrogen) atoms. The SMILES string of the molecule is O=C1c2ccccc2N[C@@H](c2cn3ccccc3n2)N1c1ccccc1. The number of nitrogens with one attached hydrogen (secondary N) is 1. The molecule has 0 bridgehead atoms. The number of rotatable bonds is 2. The molecule has 1 aliphatic heterocycles. The van der Waals surface area contributed by atoms with Crippen molar-refractivity contribution in [3.05, 3.63) is 96.4 Å². The van der Waals surface area contributed by atoms with Crippen molar-refractivity contribution in [2.45, 2.75) is 6.17 Å². The maximum absolute atomic E-state index is 13.3. The van der Waals surface area contributed by atoms with Gasteiger partial charge in [0.1, 0.15) is 11.3 Å². The quantitative estimate of drug-likeness (QED) is 0.597.